The number of halogens is 1. The first kappa shape index (κ1) is 18.5. The largest absolute Gasteiger partial charge is 0.350 e. The van der Waals surface area contributed by atoms with Crippen LogP contribution < -0.4 is 16.0 Å². The van der Waals surface area contributed by atoms with Crippen molar-refractivity contribution in [3.8, 4) is 0 Å². The smallest absolute Gasteiger partial charge is 0.251 e. The van der Waals surface area contributed by atoms with Crippen LogP contribution in [0.1, 0.15) is 43.5 Å². The Bertz CT molecular complexity index is 497. The molecule has 0 radical (unpaired) electrons. The summed E-state index contributed by atoms with van der Waals surface area (Å²) in [6, 6.07) is 6.96. The number of benzene rings is 1. The summed E-state index contributed by atoms with van der Waals surface area (Å²) < 4.78 is 0. The summed E-state index contributed by atoms with van der Waals surface area (Å²) in [7, 11) is 0. The van der Waals surface area contributed by atoms with E-state index >= 15 is 0 Å². The molecule has 0 bridgehead atoms. The number of carbonyl (C=O) groups is 2. The molecule has 0 unspecified atom stereocenters. The van der Waals surface area contributed by atoms with Crippen molar-refractivity contribution in [3.05, 3.63) is 29.8 Å². The SMILES string of the molecule is CC(C)NC(=O)c1ccc(NC(=O)[C@H]2CCCCN2)cc1.Cl. The molecule has 1 atom stereocenters. The first-order valence-corrected chi connectivity index (χ1v) is 7.51. The molecule has 0 saturated carbocycles. The van der Waals surface area contributed by atoms with E-state index in [2.05, 4.69) is 16.0 Å². The highest BCUT2D eigenvalue weighted by molar-refractivity contribution is 5.97. The lowest BCUT2D eigenvalue weighted by molar-refractivity contribution is -0.118. The number of piperidine rings is 1. The van der Waals surface area contributed by atoms with Crippen LogP contribution in [-0.2, 0) is 4.79 Å². The second-order valence-corrected chi connectivity index (χ2v) is 5.70. The van der Waals surface area contributed by atoms with E-state index in [0.29, 0.717) is 11.3 Å². The average molecular weight is 326 g/mol. The van der Waals surface area contributed by atoms with Gasteiger partial charge in [-0.2, -0.15) is 0 Å². The summed E-state index contributed by atoms with van der Waals surface area (Å²) in [4.78, 5) is 23.9. The van der Waals surface area contributed by atoms with Crippen molar-refractivity contribution in [2.75, 3.05) is 11.9 Å². The summed E-state index contributed by atoms with van der Waals surface area (Å²) in [5, 5.41) is 8.93. The molecular formula is C16H24ClN3O2. The molecule has 2 amide bonds. The molecule has 22 heavy (non-hydrogen) atoms. The Balaban J connectivity index is 0.00000242. The van der Waals surface area contributed by atoms with E-state index in [9.17, 15) is 9.59 Å². The molecule has 0 spiro atoms. The quantitative estimate of drug-likeness (QED) is 0.795. The fourth-order valence-corrected chi connectivity index (χ4v) is 2.36. The second-order valence-electron chi connectivity index (χ2n) is 5.70. The van der Waals surface area contributed by atoms with Crippen molar-refractivity contribution in [2.24, 2.45) is 0 Å². The third kappa shape index (κ3) is 5.31. The summed E-state index contributed by atoms with van der Waals surface area (Å²) in [6.07, 6.45) is 3.09. The van der Waals surface area contributed by atoms with Gasteiger partial charge in [0, 0.05) is 17.3 Å². The molecule has 6 heteroatoms. The van der Waals surface area contributed by atoms with Crippen molar-refractivity contribution in [1.82, 2.24) is 10.6 Å². The van der Waals surface area contributed by atoms with Crippen LogP contribution in [0.2, 0.25) is 0 Å². The van der Waals surface area contributed by atoms with Crippen LogP contribution in [-0.4, -0.2) is 30.4 Å². The zero-order valence-electron chi connectivity index (χ0n) is 13.0. The predicted molar refractivity (Wildman–Crippen MR) is 90.6 cm³/mol. The Hall–Kier alpha value is -1.59. The van der Waals surface area contributed by atoms with E-state index in [4.69, 9.17) is 0 Å². The standard InChI is InChI=1S/C16H23N3O2.ClH/c1-11(2)18-15(20)12-6-8-13(9-7-12)19-16(21)14-5-3-4-10-17-14;/h6-9,11,14,17H,3-5,10H2,1-2H3,(H,18,20)(H,19,21);1H/t14-;/m1./s1. The van der Waals surface area contributed by atoms with Crippen LogP contribution >= 0.6 is 12.4 Å². The number of amides is 2. The molecule has 5 nitrogen and oxygen atoms in total. The summed E-state index contributed by atoms with van der Waals surface area (Å²) in [5.41, 5.74) is 1.31. The lowest BCUT2D eigenvalue weighted by atomic mass is 10.0. The lowest BCUT2D eigenvalue weighted by Crippen LogP contribution is -2.43. The minimum absolute atomic E-state index is 0. The van der Waals surface area contributed by atoms with E-state index in [0.717, 1.165) is 25.8 Å². The molecule has 1 aromatic rings. The molecule has 1 aromatic carbocycles. The third-order valence-electron chi connectivity index (χ3n) is 3.46. The summed E-state index contributed by atoms with van der Waals surface area (Å²) >= 11 is 0. The van der Waals surface area contributed by atoms with Gasteiger partial charge in [-0.25, -0.2) is 0 Å². The lowest BCUT2D eigenvalue weighted by Gasteiger charge is -2.22. The maximum absolute atomic E-state index is 12.1. The molecule has 3 N–H and O–H groups in total. The number of hydrogen-bond donors (Lipinski definition) is 3. The number of carbonyl (C=O) groups excluding carboxylic acids is 2. The third-order valence-corrected chi connectivity index (χ3v) is 3.46. The highest BCUT2D eigenvalue weighted by Crippen LogP contribution is 2.13. The Labute approximate surface area is 137 Å². The van der Waals surface area contributed by atoms with Gasteiger partial charge in [-0.15, -0.1) is 12.4 Å². The number of rotatable bonds is 4. The van der Waals surface area contributed by atoms with Crippen molar-refractivity contribution >= 4 is 29.9 Å². The van der Waals surface area contributed by atoms with Gasteiger partial charge in [0.25, 0.3) is 5.91 Å². The van der Waals surface area contributed by atoms with Crippen LogP contribution in [0.4, 0.5) is 5.69 Å². The monoisotopic (exact) mass is 325 g/mol. The van der Waals surface area contributed by atoms with Crippen molar-refractivity contribution in [2.45, 2.75) is 45.2 Å². The highest BCUT2D eigenvalue weighted by atomic mass is 35.5. The number of hydrogen-bond acceptors (Lipinski definition) is 3. The van der Waals surface area contributed by atoms with Gasteiger partial charge in [0.2, 0.25) is 5.91 Å². The molecule has 1 aliphatic heterocycles. The van der Waals surface area contributed by atoms with E-state index in [1.807, 2.05) is 13.8 Å². The Morgan fingerprint density at radius 3 is 2.41 bits per heavy atom. The fourth-order valence-electron chi connectivity index (χ4n) is 2.36. The molecule has 0 aliphatic carbocycles. The Kier molecular flexibility index (Phi) is 7.35. The maximum Gasteiger partial charge on any atom is 0.251 e. The summed E-state index contributed by atoms with van der Waals surface area (Å²) in [5.74, 6) is -0.106. The second kappa shape index (κ2) is 8.76. The normalized spacial score (nSPS) is 17.5. The van der Waals surface area contributed by atoms with E-state index < -0.39 is 0 Å². The maximum atomic E-state index is 12.1. The first-order valence-electron chi connectivity index (χ1n) is 7.51. The zero-order valence-corrected chi connectivity index (χ0v) is 13.8. The van der Waals surface area contributed by atoms with Gasteiger partial charge >= 0.3 is 0 Å². The van der Waals surface area contributed by atoms with Crippen LogP contribution in [0.5, 0.6) is 0 Å². The molecule has 1 saturated heterocycles. The highest BCUT2D eigenvalue weighted by Gasteiger charge is 2.20. The van der Waals surface area contributed by atoms with Gasteiger partial charge in [0.05, 0.1) is 6.04 Å². The Morgan fingerprint density at radius 2 is 1.86 bits per heavy atom. The minimum Gasteiger partial charge on any atom is -0.350 e. The van der Waals surface area contributed by atoms with Gasteiger partial charge in [0.15, 0.2) is 0 Å². The van der Waals surface area contributed by atoms with Crippen LogP contribution in [0.15, 0.2) is 24.3 Å². The van der Waals surface area contributed by atoms with E-state index in [1.165, 1.54) is 0 Å². The van der Waals surface area contributed by atoms with Crippen LogP contribution in [0, 0.1) is 0 Å². The number of anilines is 1. The predicted octanol–water partition coefficient (Wildman–Crippen LogP) is 2.33. The van der Waals surface area contributed by atoms with Crippen molar-refractivity contribution in [3.63, 3.8) is 0 Å². The van der Waals surface area contributed by atoms with Gasteiger partial charge in [-0.05, 0) is 57.5 Å². The molecule has 2 rings (SSSR count). The van der Waals surface area contributed by atoms with Crippen molar-refractivity contribution in [1.29, 1.82) is 0 Å². The average Bonchev–Trinajstić information content (AvgIpc) is 2.48. The van der Waals surface area contributed by atoms with Gasteiger partial charge in [-0.1, -0.05) is 6.42 Å². The Morgan fingerprint density at radius 1 is 1.18 bits per heavy atom. The zero-order chi connectivity index (χ0) is 15.2. The first-order chi connectivity index (χ1) is 10.1. The number of nitrogens with one attached hydrogen (secondary N) is 3. The summed E-state index contributed by atoms with van der Waals surface area (Å²) in [6.45, 7) is 4.74. The fraction of sp³-hybridized carbons (Fsp3) is 0.500. The minimum atomic E-state index is -0.109. The van der Waals surface area contributed by atoms with Crippen LogP contribution in [0.3, 0.4) is 0 Å². The molecule has 1 aliphatic rings. The van der Waals surface area contributed by atoms with Gasteiger partial charge in [0.1, 0.15) is 0 Å². The van der Waals surface area contributed by atoms with Gasteiger partial charge in [-0.3, -0.25) is 9.59 Å². The topological polar surface area (TPSA) is 70.2 Å². The molecule has 1 heterocycles. The van der Waals surface area contributed by atoms with E-state index in [1.54, 1.807) is 24.3 Å². The van der Waals surface area contributed by atoms with Crippen LogP contribution in [0.25, 0.3) is 0 Å². The molecule has 1 fully saturated rings. The van der Waals surface area contributed by atoms with E-state index in [-0.39, 0.29) is 36.3 Å². The molecule has 122 valence electrons. The molecular weight excluding hydrogens is 302 g/mol. The van der Waals surface area contributed by atoms with Crippen molar-refractivity contribution < 1.29 is 9.59 Å². The van der Waals surface area contributed by atoms with Gasteiger partial charge < -0.3 is 16.0 Å². The molecule has 0 aromatic heterocycles.